The molecular weight excluding hydrogens is 609 g/mol. The lowest BCUT2D eigenvalue weighted by atomic mass is 9.92. The average molecular weight is 637 g/mol. The summed E-state index contributed by atoms with van der Waals surface area (Å²) in [4.78, 5) is 10.6. The van der Waals surface area contributed by atoms with E-state index in [4.69, 9.17) is 9.97 Å². The van der Waals surface area contributed by atoms with Gasteiger partial charge in [0.05, 0.1) is 39.1 Å². The average Bonchev–Trinajstić information content (AvgIpc) is 3.66. The second kappa shape index (κ2) is 10.4. The minimum Gasteiger partial charge on any atom is -0.308 e. The van der Waals surface area contributed by atoms with Crippen LogP contribution in [0.25, 0.3) is 100 Å². The summed E-state index contributed by atoms with van der Waals surface area (Å²) in [5.41, 5.74) is 14.5. The molecule has 0 amide bonds. The van der Waals surface area contributed by atoms with Crippen molar-refractivity contribution in [1.82, 2.24) is 19.1 Å². The molecule has 0 spiro atoms. The molecule has 1 aliphatic heterocycles. The van der Waals surface area contributed by atoms with Crippen LogP contribution in [0.3, 0.4) is 0 Å². The van der Waals surface area contributed by atoms with Crippen LogP contribution in [-0.2, 0) is 0 Å². The fraction of sp³-hybridized carbons (Fsp3) is 0. The molecule has 0 saturated carbocycles. The third-order valence-electron chi connectivity index (χ3n) is 10.3. The van der Waals surface area contributed by atoms with Crippen molar-refractivity contribution in [2.75, 3.05) is 0 Å². The van der Waals surface area contributed by atoms with Gasteiger partial charge in [-0.15, -0.1) is 0 Å². The molecule has 4 nitrogen and oxygen atoms in total. The number of fused-ring (bicyclic) bond motifs is 11. The summed E-state index contributed by atoms with van der Waals surface area (Å²) >= 11 is 0. The lowest BCUT2D eigenvalue weighted by Gasteiger charge is -2.14. The second-order valence-corrected chi connectivity index (χ2v) is 13.0. The second-order valence-electron chi connectivity index (χ2n) is 13.0. The van der Waals surface area contributed by atoms with Crippen molar-refractivity contribution < 1.29 is 0 Å². The highest BCUT2D eigenvalue weighted by atomic mass is 15.2. The van der Waals surface area contributed by atoms with E-state index in [0.29, 0.717) is 5.95 Å². The zero-order valence-corrected chi connectivity index (χ0v) is 27.0. The van der Waals surface area contributed by atoms with E-state index in [1.807, 2.05) is 12.1 Å². The minimum absolute atomic E-state index is 0.651. The van der Waals surface area contributed by atoms with Gasteiger partial charge in [-0.25, -0.2) is 9.97 Å². The summed E-state index contributed by atoms with van der Waals surface area (Å²) < 4.78 is 4.72. The van der Waals surface area contributed by atoms with Gasteiger partial charge < -0.3 is 4.57 Å². The largest absolute Gasteiger partial charge is 0.308 e. The van der Waals surface area contributed by atoms with Crippen molar-refractivity contribution in [2.24, 2.45) is 0 Å². The molecule has 0 bridgehead atoms. The van der Waals surface area contributed by atoms with E-state index >= 15 is 0 Å². The maximum atomic E-state index is 5.28. The first kappa shape index (κ1) is 27.2. The molecule has 11 rings (SSSR count). The number of para-hydroxylation sites is 4. The molecule has 4 heteroatoms. The maximum absolute atomic E-state index is 5.28. The van der Waals surface area contributed by atoms with Crippen LogP contribution in [0.5, 0.6) is 0 Å². The number of benzene rings is 7. The van der Waals surface area contributed by atoms with E-state index in [2.05, 4.69) is 167 Å². The molecule has 232 valence electrons. The molecule has 7 aromatic carbocycles. The molecule has 4 heterocycles. The van der Waals surface area contributed by atoms with Crippen LogP contribution in [0.15, 0.2) is 170 Å². The SMILES string of the molecule is c1ccc(-c2cc(-c3ccccc3)nc(-n3c4ccccc4c4cc5c(cc43)-c3ccccc3-n3c4ccccc4c4cccc-5c43)n2)cc1. The number of hydrogen-bond acceptors (Lipinski definition) is 2. The first-order valence-corrected chi connectivity index (χ1v) is 17.0. The predicted molar refractivity (Wildman–Crippen MR) is 206 cm³/mol. The summed E-state index contributed by atoms with van der Waals surface area (Å²) in [6.07, 6.45) is 0. The van der Waals surface area contributed by atoms with Crippen molar-refractivity contribution in [1.29, 1.82) is 0 Å². The van der Waals surface area contributed by atoms with Crippen LogP contribution in [0, 0.1) is 0 Å². The number of rotatable bonds is 3. The van der Waals surface area contributed by atoms with Gasteiger partial charge in [-0.05, 0) is 47.5 Å². The van der Waals surface area contributed by atoms with E-state index in [9.17, 15) is 0 Å². The van der Waals surface area contributed by atoms with Crippen LogP contribution >= 0.6 is 0 Å². The number of hydrogen-bond donors (Lipinski definition) is 0. The van der Waals surface area contributed by atoms with Gasteiger partial charge in [0.1, 0.15) is 0 Å². The predicted octanol–water partition coefficient (Wildman–Crippen LogP) is 11.7. The van der Waals surface area contributed by atoms with Crippen molar-refractivity contribution in [2.45, 2.75) is 0 Å². The Morgan fingerprint density at radius 3 is 1.60 bits per heavy atom. The zero-order valence-electron chi connectivity index (χ0n) is 27.0. The fourth-order valence-corrected chi connectivity index (χ4v) is 8.11. The van der Waals surface area contributed by atoms with Crippen LogP contribution in [0.4, 0.5) is 0 Å². The van der Waals surface area contributed by atoms with E-state index in [0.717, 1.165) is 33.5 Å². The van der Waals surface area contributed by atoms with Crippen molar-refractivity contribution in [3.05, 3.63) is 170 Å². The first-order valence-electron chi connectivity index (χ1n) is 17.0. The van der Waals surface area contributed by atoms with E-state index in [-0.39, 0.29) is 0 Å². The summed E-state index contributed by atoms with van der Waals surface area (Å²) in [5.74, 6) is 0.651. The molecule has 0 fully saturated rings. The molecule has 0 saturated heterocycles. The lowest BCUT2D eigenvalue weighted by Crippen LogP contribution is -2.04. The van der Waals surface area contributed by atoms with E-state index < -0.39 is 0 Å². The third-order valence-corrected chi connectivity index (χ3v) is 10.3. The van der Waals surface area contributed by atoms with Crippen molar-refractivity contribution in [3.63, 3.8) is 0 Å². The van der Waals surface area contributed by atoms with Crippen LogP contribution in [0.2, 0.25) is 0 Å². The van der Waals surface area contributed by atoms with Gasteiger partial charge in [0.25, 0.3) is 0 Å². The van der Waals surface area contributed by atoms with Crippen molar-refractivity contribution >= 4 is 43.6 Å². The molecule has 1 aliphatic rings. The van der Waals surface area contributed by atoms with Gasteiger partial charge in [-0.3, -0.25) is 4.57 Å². The fourth-order valence-electron chi connectivity index (χ4n) is 8.11. The Bertz CT molecular complexity index is 2910. The smallest absolute Gasteiger partial charge is 0.235 e. The maximum Gasteiger partial charge on any atom is 0.235 e. The zero-order chi connectivity index (χ0) is 32.8. The highest BCUT2D eigenvalue weighted by Gasteiger charge is 2.26. The molecule has 10 aromatic rings. The van der Waals surface area contributed by atoms with Gasteiger partial charge in [0, 0.05) is 43.8 Å². The highest BCUT2D eigenvalue weighted by Crippen LogP contribution is 2.49. The van der Waals surface area contributed by atoms with Gasteiger partial charge >= 0.3 is 0 Å². The Kier molecular flexibility index (Phi) is 5.63. The molecular formula is C46H28N4. The van der Waals surface area contributed by atoms with E-state index in [1.165, 1.54) is 60.5 Å². The molecule has 3 aromatic heterocycles. The molecule has 0 aliphatic carbocycles. The monoisotopic (exact) mass is 636 g/mol. The van der Waals surface area contributed by atoms with Crippen LogP contribution in [-0.4, -0.2) is 19.1 Å². The molecule has 50 heavy (non-hydrogen) atoms. The highest BCUT2D eigenvalue weighted by molar-refractivity contribution is 6.19. The van der Waals surface area contributed by atoms with Gasteiger partial charge in [-0.2, -0.15) is 0 Å². The molecule has 0 radical (unpaired) electrons. The first-order chi connectivity index (χ1) is 24.8. The number of aromatic nitrogens is 4. The lowest BCUT2D eigenvalue weighted by molar-refractivity contribution is 0.996. The van der Waals surface area contributed by atoms with E-state index in [1.54, 1.807) is 0 Å². The standard InChI is InChI=1S/C46H28N4/c1-3-14-29(15-4-1)39-28-40(30-16-5-2-6-17-30)48-46(47-39)50-43-25-12-9-20-33(43)38-26-36-35-22-13-21-34-31-18-7-10-23-41(31)49(45(34)35)42-24-11-8-19-32(42)37(36)27-44(38)50/h1-28H. The Morgan fingerprint density at radius 1 is 0.340 bits per heavy atom. The summed E-state index contributed by atoms with van der Waals surface area (Å²) in [6, 6.07) is 60.6. The normalized spacial score (nSPS) is 12.0. The quantitative estimate of drug-likeness (QED) is 0.193. The number of nitrogens with zero attached hydrogens (tertiary/aromatic N) is 4. The Hall–Kier alpha value is -6.78. The van der Waals surface area contributed by atoms with Gasteiger partial charge in [-0.1, -0.05) is 133 Å². The van der Waals surface area contributed by atoms with Gasteiger partial charge in [0.2, 0.25) is 5.95 Å². The van der Waals surface area contributed by atoms with Crippen molar-refractivity contribution in [3.8, 4) is 56.4 Å². The van der Waals surface area contributed by atoms with Crippen LogP contribution < -0.4 is 0 Å². The summed E-state index contributed by atoms with van der Waals surface area (Å²) in [5, 5.41) is 4.88. The Morgan fingerprint density at radius 2 is 0.880 bits per heavy atom. The third kappa shape index (κ3) is 3.81. The van der Waals surface area contributed by atoms with Crippen LogP contribution in [0.1, 0.15) is 0 Å². The summed E-state index contributed by atoms with van der Waals surface area (Å²) in [7, 11) is 0. The minimum atomic E-state index is 0.651. The molecule has 0 atom stereocenters. The Labute approximate surface area is 288 Å². The Balaban J connectivity index is 1.27. The van der Waals surface area contributed by atoms with Gasteiger partial charge in [0.15, 0.2) is 0 Å². The topological polar surface area (TPSA) is 35.6 Å². The molecule has 0 unspecified atom stereocenters. The summed E-state index contributed by atoms with van der Waals surface area (Å²) in [6.45, 7) is 0. The molecule has 0 N–H and O–H groups in total.